The van der Waals surface area contributed by atoms with Crippen molar-refractivity contribution in [3.8, 4) is 5.75 Å². The largest absolute Gasteiger partial charge is 0.472 e. The predicted octanol–water partition coefficient (Wildman–Crippen LogP) is 6.17. The lowest BCUT2D eigenvalue weighted by Gasteiger charge is -2.32. The Kier molecular flexibility index (Phi) is 5.70. The zero-order chi connectivity index (χ0) is 24.0. The van der Waals surface area contributed by atoms with Gasteiger partial charge in [-0.3, -0.25) is 4.79 Å². The Balaban J connectivity index is 1.65. The quantitative estimate of drug-likeness (QED) is 0.430. The van der Waals surface area contributed by atoms with E-state index in [0.717, 1.165) is 37.5 Å². The third-order valence-electron chi connectivity index (χ3n) is 6.15. The van der Waals surface area contributed by atoms with Crippen molar-refractivity contribution in [3.05, 3.63) is 70.8 Å². The second-order valence-electron chi connectivity index (χ2n) is 8.47. The van der Waals surface area contributed by atoms with E-state index in [0.29, 0.717) is 17.2 Å². The summed E-state index contributed by atoms with van der Waals surface area (Å²) in [5.74, 6) is -0.331. The van der Waals surface area contributed by atoms with Gasteiger partial charge in [0.25, 0.3) is 0 Å². The number of hydrogen-bond donors (Lipinski definition) is 1. The van der Waals surface area contributed by atoms with Gasteiger partial charge in [0.1, 0.15) is 5.75 Å². The van der Waals surface area contributed by atoms with Gasteiger partial charge in [-0.1, -0.05) is 18.2 Å². The van der Waals surface area contributed by atoms with E-state index >= 15 is 0 Å². The lowest BCUT2D eigenvalue weighted by molar-refractivity contribution is -0.248. The minimum absolute atomic E-state index is 0.0554. The summed E-state index contributed by atoms with van der Waals surface area (Å²) in [4.78, 5) is 12.1. The van der Waals surface area contributed by atoms with Gasteiger partial charge >= 0.3 is 12.4 Å². The number of nitrogens with one attached hydrogen (secondary N) is 1. The van der Waals surface area contributed by atoms with Gasteiger partial charge in [-0.2, -0.15) is 26.3 Å². The van der Waals surface area contributed by atoms with Crippen molar-refractivity contribution in [1.29, 1.82) is 0 Å². The first-order valence-electron chi connectivity index (χ1n) is 10.4. The van der Waals surface area contributed by atoms with Crippen LogP contribution >= 0.6 is 0 Å². The molecule has 1 unspecified atom stereocenters. The summed E-state index contributed by atoms with van der Waals surface area (Å²) in [6, 6.07) is 7.65. The number of allylic oxidation sites excluding steroid dienone is 1. The van der Waals surface area contributed by atoms with Crippen LogP contribution in [0.4, 0.5) is 26.3 Å². The molecule has 0 aromatic heterocycles. The Hall–Kier alpha value is -2.97. The molecule has 2 aromatic carbocycles. The molecule has 176 valence electrons. The van der Waals surface area contributed by atoms with Crippen LogP contribution in [0.25, 0.3) is 5.57 Å². The van der Waals surface area contributed by atoms with Crippen LogP contribution in [0.1, 0.15) is 48.4 Å². The highest BCUT2D eigenvalue weighted by Gasteiger charge is 2.61. The number of alkyl halides is 6. The normalized spacial score (nSPS) is 21.2. The average molecular weight is 469 g/mol. The molecule has 0 saturated heterocycles. The number of ether oxygens (including phenoxy) is 1. The van der Waals surface area contributed by atoms with Crippen LogP contribution in [0.15, 0.2) is 48.5 Å². The van der Waals surface area contributed by atoms with Crippen molar-refractivity contribution in [2.75, 3.05) is 0 Å². The van der Waals surface area contributed by atoms with Crippen LogP contribution in [0.5, 0.6) is 5.75 Å². The molecule has 1 amide bonds. The van der Waals surface area contributed by atoms with E-state index in [1.807, 2.05) is 0 Å². The Morgan fingerprint density at radius 2 is 1.82 bits per heavy atom. The van der Waals surface area contributed by atoms with Crippen molar-refractivity contribution in [3.63, 3.8) is 0 Å². The summed E-state index contributed by atoms with van der Waals surface area (Å²) < 4.78 is 87.3. The first kappa shape index (κ1) is 23.2. The van der Waals surface area contributed by atoms with E-state index in [-0.39, 0.29) is 23.3 Å². The van der Waals surface area contributed by atoms with Crippen molar-refractivity contribution >= 4 is 11.5 Å². The molecule has 9 heteroatoms. The van der Waals surface area contributed by atoms with Gasteiger partial charge in [0, 0.05) is 24.1 Å². The van der Waals surface area contributed by atoms with Gasteiger partial charge in [-0.15, -0.1) is 0 Å². The van der Waals surface area contributed by atoms with Crippen LogP contribution < -0.4 is 10.1 Å². The van der Waals surface area contributed by atoms with Crippen LogP contribution in [-0.2, 0) is 23.0 Å². The van der Waals surface area contributed by atoms with Crippen LogP contribution in [0, 0.1) is 0 Å². The fraction of sp³-hybridized carbons (Fsp3) is 0.375. The number of carbonyl (C=O) groups is 1. The van der Waals surface area contributed by atoms with Gasteiger partial charge in [0.15, 0.2) is 0 Å². The van der Waals surface area contributed by atoms with E-state index in [2.05, 4.69) is 5.32 Å². The third kappa shape index (κ3) is 4.45. The van der Waals surface area contributed by atoms with E-state index < -0.39 is 35.5 Å². The molecule has 1 atom stereocenters. The molecule has 3 nitrogen and oxygen atoms in total. The molecule has 2 aliphatic rings. The van der Waals surface area contributed by atoms with Gasteiger partial charge in [0.2, 0.25) is 11.5 Å². The van der Waals surface area contributed by atoms with Crippen molar-refractivity contribution in [1.82, 2.24) is 5.32 Å². The monoisotopic (exact) mass is 469 g/mol. The SMILES string of the molecule is C/C(=C\C(=O)NC1CCC1)c1ccc2c(c1)CC(c1cccc(C(F)(F)F)c1)(C(F)(F)F)O2. The maximum Gasteiger partial charge on any atom is 0.432 e. The van der Waals surface area contributed by atoms with Gasteiger partial charge in [-0.05, 0) is 67.2 Å². The molecule has 1 heterocycles. The Labute approximate surface area is 186 Å². The number of benzene rings is 2. The fourth-order valence-electron chi connectivity index (χ4n) is 4.06. The van der Waals surface area contributed by atoms with E-state index in [4.69, 9.17) is 4.74 Å². The predicted molar refractivity (Wildman–Crippen MR) is 109 cm³/mol. The third-order valence-corrected chi connectivity index (χ3v) is 6.15. The molecule has 2 aromatic rings. The average Bonchev–Trinajstić information content (AvgIpc) is 3.10. The maximum atomic E-state index is 14.2. The van der Waals surface area contributed by atoms with Gasteiger partial charge < -0.3 is 10.1 Å². The van der Waals surface area contributed by atoms with Crippen LogP contribution in [0.2, 0.25) is 0 Å². The van der Waals surface area contributed by atoms with E-state index in [1.165, 1.54) is 24.3 Å². The fourth-order valence-corrected chi connectivity index (χ4v) is 4.06. The number of rotatable bonds is 4. The number of fused-ring (bicyclic) bond motifs is 1. The minimum Gasteiger partial charge on any atom is -0.472 e. The highest BCUT2D eigenvalue weighted by Crippen LogP contribution is 2.51. The van der Waals surface area contributed by atoms with Gasteiger partial charge in [0.05, 0.1) is 5.56 Å². The number of halogens is 6. The maximum absolute atomic E-state index is 14.2. The zero-order valence-corrected chi connectivity index (χ0v) is 17.6. The second kappa shape index (κ2) is 8.11. The summed E-state index contributed by atoms with van der Waals surface area (Å²) in [5.41, 5.74) is -3.44. The van der Waals surface area contributed by atoms with Gasteiger partial charge in [-0.25, -0.2) is 0 Å². The summed E-state index contributed by atoms with van der Waals surface area (Å²) >= 11 is 0. The van der Waals surface area contributed by atoms with Crippen LogP contribution in [-0.4, -0.2) is 18.1 Å². The first-order valence-corrected chi connectivity index (χ1v) is 10.4. The molecule has 1 aliphatic carbocycles. The van der Waals surface area contributed by atoms with Crippen molar-refractivity contribution in [2.45, 2.75) is 56.6 Å². The molecule has 0 radical (unpaired) electrons. The zero-order valence-electron chi connectivity index (χ0n) is 17.6. The first-order chi connectivity index (χ1) is 15.4. The highest BCUT2D eigenvalue weighted by molar-refractivity contribution is 5.95. The molecule has 0 bridgehead atoms. The Morgan fingerprint density at radius 3 is 2.42 bits per heavy atom. The standard InChI is InChI=1S/C24H21F6NO2/c1-14(10-21(32)31-19-6-3-7-19)15-8-9-20-16(11-15)13-22(33-20,24(28,29)30)17-4-2-5-18(12-17)23(25,26)27/h2,4-5,8-12,19H,3,6-7,13H2,1H3,(H,31,32)/b14-10+. The molecule has 33 heavy (non-hydrogen) atoms. The molecule has 1 N–H and O–H groups in total. The Bertz CT molecular complexity index is 1100. The Morgan fingerprint density at radius 1 is 1.09 bits per heavy atom. The second-order valence-corrected chi connectivity index (χ2v) is 8.47. The van der Waals surface area contributed by atoms with Crippen molar-refractivity contribution in [2.24, 2.45) is 0 Å². The molecule has 1 aliphatic heterocycles. The lowest BCUT2D eigenvalue weighted by atomic mass is 9.87. The molecule has 1 saturated carbocycles. The molecule has 0 spiro atoms. The number of hydrogen-bond acceptors (Lipinski definition) is 2. The van der Waals surface area contributed by atoms with Crippen molar-refractivity contribution < 1.29 is 35.9 Å². The summed E-state index contributed by atoms with van der Waals surface area (Å²) in [7, 11) is 0. The van der Waals surface area contributed by atoms with E-state index in [1.54, 1.807) is 6.92 Å². The van der Waals surface area contributed by atoms with Crippen LogP contribution in [0.3, 0.4) is 0 Å². The van der Waals surface area contributed by atoms with E-state index in [9.17, 15) is 31.1 Å². The molecular weight excluding hydrogens is 448 g/mol. The molecular formula is C24H21F6NO2. The lowest BCUT2D eigenvalue weighted by Crippen LogP contribution is -2.46. The highest BCUT2D eigenvalue weighted by atomic mass is 19.4. The summed E-state index contributed by atoms with van der Waals surface area (Å²) in [6.45, 7) is 1.67. The number of amides is 1. The molecule has 1 fully saturated rings. The summed E-state index contributed by atoms with van der Waals surface area (Å²) in [5, 5.41) is 2.86. The summed E-state index contributed by atoms with van der Waals surface area (Å²) in [6.07, 6.45) is -6.14. The smallest absolute Gasteiger partial charge is 0.432 e. The molecule has 4 rings (SSSR count). The number of carbonyl (C=O) groups excluding carboxylic acids is 1. The minimum atomic E-state index is -4.97. The topological polar surface area (TPSA) is 38.3 Å².